The monoisotopic (exact) mass is 575 g/mol. The Kier molecular flexibility index (Phi) is 10.2. The van der Waals surface area contributed by atoms with E-state index in [2.05, 4.69) is 69.2 Å². The third-order valence-corrected chi connectivity index (χ3v) is 15.2. The molecule has 16 unspecified atom stereocenters. The molecule has 240 valence electrons. The molecule has 0 spiro atoms. The second-order valence-electron chi connectivity index (χ2n) is 17.6. The first-order valence-corrected chi connectivity index (χ1v) is 18.1. The maximum Gasteiger partial charge on any atom is 0.0657 e. The first-order chi connectivity index (χ1) is 19.1. The third-order valence-electron chi connectivity index (χ3n) is 15.2. The van der Waals surface area contributed by atoms with Crippen molar-refractivity contribution in [3.63, 3.8) is 0 Å². The van der Waals surface area contributed by atoms with E-state index in [0.717, 1.165) is 12.3 Å². The van der Waals surface area contributed by atoms with Gasteiger partial charge in [-0.15, -0.1) is 0 Å². The minimum absolute atomic E-state index is 0.0453. The van der Waals surface area contributed by atoms with Crippen LogP contribution in [-0.4, -0.2) is 33.6 Å². The van der Waals surface area contributed by atoms with Crippen molar-refractivity contribution in [3.05, 3.63) is 0 Å². The highest BCUT2D eigenvalue weighted by molar-refractivity contribution is 5.22. The molecule has 0 aliphatic heterocycles. The van der Waals surface area contributed by atoms with Crippen LogP contribution >= 0.6 is 0 Å². The molecule has 0 aromatic carbocycles. The van der Waals surface area contributed by atoms with E-state index in [1.807, 2.05) is 6.92 Å². The summed E-state index contributed by atoms with van der Waals surface area (Å²) >= 11 is 0. The zero-order valence-electron chi connectivity index (χ0n) is 29.0. The van der Waals surface area contributed by atoms with Gasteiger partial charge in [-0.1, -0.05) is 108 Å². The fraction of sp³-hybridized carbons (Fsp3) is 1.00. The number of hydrogen-bond donors (Lipinski definition) is 3. The number of fused-ring (bicyclic) bond motifs is 3. The molecule has 3 nitrogen and oxygen atoms in total. The van der Waals surface area contributed by atoms with Gasteiger partial charge in [-0.05, 0) is 103 Å². The van der Waals surface area contributed by atoms with Gasteiger partial charge in [-0.2, -0.15) is 0 Å². The number of unbranched alkanes of at least 4 members (excludes halogenated alkanes) is 1. The van der Waals surface area contributed by atoms with Gasteiger partial charge in [0.2, 0.25) is 0 Å². The Morgan fingerprint density at radius 1 is 0.902 bits per heavy atom. The zero-order valence-corrected chi connectivity index (χ0v) is 29.0. The van der Waals surface area contributed by atoms with Crippen molar-refractivity contribution in [1.29, 1.82) is 0 Å². The van der Waals surface area contributed by atoms with E-state index in [-0.39, 0.29) is 46.0 Å². The summed E-state index contributed by atoms with van der Waals surface area (Å²) in [4.78, 5) is 0. The Morgan fingerprint density at radius 2 is 1.56 bits per heavy atom. The predicted molar refractivity (Wildman–Crippen MR) is 172 cm³/mol. The van der Waals surface area contributed by atoms with Crippen LogP contribution < -0.4 is 0 Å². The van der Waals surface area contributed by atoms with E-state index in [4.69, 9.17) is 0 Å². The fourth-order valence-corrected chi connectivity index (χ4v) is 12.9. The highest BCUT2D eigenvalue weighted by Gasteiger charge is 2.75. The highest BCUT2D eigenvalue weighted by atomic mass is 16.3. The van der Waals surface area contributed by atoms with E-state index < -0.39 is 12.2 Å². The minimum atomic E-state index is -0.562. The van der Waals surface area contributed by atoms with Gasteiger partial charge in [0.15, 0.2) is 0 Å². The van der Waals surface area contributed by atoms with Crippen molar-refractivity contribution < 1.29 is 15.3 Å². The van der Waals surface area contributed by atoms with Crippen LogP contribution in [0.25, 0.3) is 0 Å². The molecule has 4 aliphatic rings. The van der Waals surface area contributed by atoms with E-state index in [1.54, 1.807) is 0 Å². The van der Waals surface area contributed by atoms with Crippen molar-refractivity contribution in [2.45, 2.75) is 159 Å². The van der Waals surface area contributed by atoms with Gasteiger partial charge in [0, 0.05) is 11.3 Å². The van der Waals surface area contributed by atoms with Gasteiger partial charge in [0.1, 0.15) is 0 Å². The maximum atomic E-state index is 12.6. The van der Waals surface area contributed by atoms with Gasteiger partial charge in [-0.25, -0.2) is 0 Å². The number of aliphatic hydroxyl groups excluding tert-OH is 3. The summed E-state index contributed by atoms with van der Waals surface area (Å²) < 4.78 is 0. The summed E-state index contributed by atoms with van der Waals surface area (Å²) in [6.07, 6.45) is 11.1. The normalized spacial score (nSPS) is 51.4. The molecule has 0 aromatic heterocycles. The molecule has 4 aliphatic carbocycles. The van der Waals surface area contributed by atoms with Gasteiger partial charge in [0.25, 0.3) is 0 Å². The molecular formula is C38H70O3. The molecule has 0 radical (unpaired) electrons. The number of rotatable bonds is 9. The summed E-state index contributed by atoms with van der Waals surface area (Å²) in [6.45, 7) is 26.1. The average Bonchev–Trinajstić information content (AvgIpc) is 2.88. The lowest BCUT2D eigenvalue weighted by molar-refractivity contribution is -0.321. The molecule has 16 atom stereocenters. The van der Waals surface area contributed by atoms with Crippen molar-refractivity contribution in [2.75, 3.05) is 0 Å². The molecule has 0 bridgehead atoms. The van der Waals surface area contributed by atoms with Crippen LogP contribution in [0.3, 0.4) is 0 Å². The Bertz CT molecular complexity index is 870. The number of hydrogen-bond acceptors (Lipinski definition) is 3. The third kappa shape index (κ3) is 5.20. The minimum Gasteiger partial charge on any atom is -0.393 e. The van der Waals surface area contributed by atoms with Crippen molar-refractivity contribution >= 4 is 0 Å². The summed E-state index contributed by atoms with van der Waals surface area (Å²) in [6, 6.07) is 0. The zero-order chi connectivity index (χ0) is 30.7. The van der Waals surface area contributed by atoms with Crippen LogP contribution in [0.4, 0.5) is 0 Å². The van der Waals surface area contributed by atoms with E-state index in [0.29, 0.717) is 35.5 Å². The van der Waals surface area contributed by atoms with Gasteiger partial charge in [-0.3, -0.25) is 0 Å². The van der Waals surface area contributed by atoms with Crippen LogP contribution in [0.1, 0.15) is 140 Å². The fourth-order valence-electron chi connectivity index (χ4n) is 12.9. The molecule has 4 fully saturated rings. The molecule has 0 saturated heterocycles. The Hall–Kier alpha value is -0.120. The van der Waals surface area contributed by atoms with E-state index >= 15 is 0 Å². The van der Waals surface area contributed by atoms with Gasteiger partial charge >= 0.3 is 0 Å². The molecule has 4 rings (SSSR count). The second-order valence-corrected chi connectivity index (χ2v) is 17.6. The smallest absolute Gasteiger partial charge is 0.0657 e. The average molecular weight is 575 g/mol. The first kappa shape index (κ1) is 33.8. The topological polar surface area (TPSA) is 60.7 Å². The van der Waals surface area contributed by atoms with Crippen LogP contribution in [0.5, 0.6) is 0 Å². The molecule has 3 heteroatoms. The van der Waals surface area contributed by atoms with Crippen LogP contribution in [0.15, 0.2) is 0 Å². The molecular weight excluding hydrogens is 504 g/mol. The SMILES string of the molecule is CCC(C)CC1C2(C)C(CCCCC(C)C)C3CCCC(C)C3C(O)C2C(C)C2(C)C(O)C(C(C)O)C(C)CC12C. The van der Waals surface area contributed by atoms with Crippen LogP contribution in [0.2, 0.25) is 0 Å². The number of aliphatic hydroxyl groups is 3. The largest absolute Gasteiger partial charge is 0.393 e. The van der Waals surface area contributed by atoms with Crippen LogP contribution in [0, 0.1) is 81.3 Å². The molecule has 41 heavy (non-hydrogen) atoms. The van der Waals surface area contributed by atoms with Crippen molar-refractivity contribution in [2.24, 2.45) is 81.3 Å². The lowest BCUT2D eigenvalue weighted by Gasteiger charge is -2.76. The first-order valence-electron chi connectivity index (χ1n) is 18.1. The van der Waals surface area contributed by atoms with Gasteiger partial charge < -0.3 is 15.3 Å². The standard InChI is InChI=1S/C38H70O3/c1-12-23(4)20-30-36(9)21-25(6)31(27(8)39)35(41)38(36,11)26(7)33-34(40)32-24(5)17-15-18-28(32)29(37(30,33)10)19-14-13-16-22(2)3/h22-35,39-41H,12-21H2,1-11H3. The van der Waals surface area contributed by atoms with Crippen molar-refractivity contribution in [3.8, 4) is 0 Å². The Balaban J connectivity index is 1.91. The Morgan fingerprint density at radius 3 is 2.15 bits per heavy atom. The van der Waals surface area contributed by atoms with Crippen molar-refractivity contribution in [1.82, 2.24) is 0 Å². The molecule has 0 aromatic rings. The lowest BCUT2D eigenvalue weighted by Crippen LogP contribution is -2.75. The molecule has 3 N–H and O–H groups in total. The maximum absolute atomic E-state index is 12.6. The predicted octanol–water partition coefficient (Wildman–Crippen LogP) is 8.98. The molecule has 4 saturated carbocycles. The summed E-state index contributed by atoms with van der Waals surface area (Å²) in [5.74, 6) is 4.56. The lowest BCUT2D eigenvalue weighted by atomic mass is 9.29. The van der Waals surface area contributed by atoms with Crippen LogP contribution in [-0.2, 0) is 0 Å². The summed E-state index contributed by atoms with van der Waals surface area (Å²) in [5.41, 5.74) is -0.352. The van der Waals surface area contributed by atoms with E-state index in [9.17, 15) is 15.3 Å². The summed E-state index contributed by atoms with van der Waals surface area (Å²) in [7, 11) is 0. The summed E-state index contributed by atoms with van der Waals surface area (Å²) in [5, 5.41) is 36.0. The van der Waals surface area contributed by atoms with Gasteiger partial charge in [0.05, 0.1) is 18.3 Å². The molecule has 0 heterocycles. The van der Waals surface area contributed by atoms with E-state index in [1.165, 1.54) is 57.8 Å². The Labute approximate surface area is 255 Å². The highest BCUT2D eigenvalue weighted by Crippen LogP contribution is 2.77. The quantitative estimate of drug-likeness (QED) is 0.241. The molecule has 0 amide bonds. The second kappa shape index (κ2) is 12.3.